The first-order valence-corrected chi connectivity index (χ1v) is 7.78. The van der Waals surface area contributed by atoms with E-state index in [0.717, 1.165) is 12.8 Å². The Morgan fingerprint density at radius 1 is 1.45 bits per heavy atom. The summed E-state index contributed by atoms with van der Waals surface area (Å²) >= 11 is 0. The summed E-state index contributed by atoms with van der Waals surface area (Å²) in [6.45, 7) is 7.50. The van der Waals surface area contributed by atoms with Gasteiger partial charge in [0.1, 0.15) is 0 Å². The number of likely N-dealkylation sites (tertiary alicyclic amines) is 1. The van der Waals surface area contributed by atoms with E-state index in [1.54, 1.807) is 24.8 Å². The number of hydrogen-bond donors (Lipinski definition) is 3. The van der Waals surface area contributed by atoms with Crippen molar-refractivity contribution in [3.8, 4) is 0 Å². The van der Waals surface area contributed by atoms with Crippen LogP contribution in [-0.2, 0) is 9.59 Å². The van der Waals surface area contributed by atoms with E-state index in [1.165, 1.54) is 0 Å². The number of nitrogens with one attached hydrogen (secondary N) is 1. The van der Waals surface area contributed by atoms with Crippen LogP contribution >= 0.6 is 0 Å². The molecule has 0 spiro atoms. The van der Waals surface area contributed by atoms with E-state index in [0.29, 0.717) is 13.0 Å². The van der Waals surface area contributed by atoms with Gasteiger partial charge in [-0.2, -0.15) is 0 Å². The summed E-state index contributed by atoms with van der Waals surface area (Å²) in [6.07, 6.45) is 3.80. The lowest BCUT2D eigenvalue weighted by Gasteiger charge is -2.28. The van der Waals surface area contributed by atoms with Crippen LogP contribution in [0.1, 0.15) is 39.5 Å². The molecule has 0 aromatic rings. The average molecular weight is 312 g/mol. The Labute approximate surface area is 132 Å². The molecule has 0 unspecified atom stereocenters. The Balaban J connectivity index is 2.68. The molecule has 1 heterocycles. The van der Waals surface area contributed by atoms with Gasteiger partial charge in [0.15, 0.2) is 0 Å². The van der Waals surface area contributed by atoms with E-state index >= 15 is 0 Å². The second kappa shape index (κ2) is 8.29. The van der Waals surface area contributed by atoms with Crippen LogP contribution in [0.15, 0.2) is 12.7 Å². The molecule has 126 valence electrons. The van der Waals surface area contributed by atoms with Crippen LogP contribution in [0.2, 0.25) is 0 Å². The molecule has 22 heavy (non-hydrogen) atoms. The van der Waals surface area contributed by atoms with Gasteiger partial charge in [0.25, 0.3) is 0 Å². The molecule has 1 aliphatic heterocycles. The van der Waals surface area contributed by atoms with Gasteiger partial charge in [0, 0.05) is 13.0 Å². The van der Waals surface area contributed by atoms with Crippen molar-refractivity contribution in [3.63, 3.8) is 0 Å². The topological polar surface area (TPSA) is 89.9 Å². The summed E-state index contributed by atoms with van der Waals surface area (Å²) in [6, 6.07) is -0.131. The molecule has 1 saturated heterocycles. The van der Waals surface area contributed by atoms with Gasteiger partial charge in [-0.25, -0.2) is 0 Å². The van der Waals surface area contributed by atoms with Gasteiger partial charge in [-0.3, -0.25) is 9.59 Å². The SMILES string of the molecule is C=CC[C@H](CC(=O)N1CCC[C@H]1CO)C(=O)NC(C)(C)CO. The molecule has 2 atom stereocenters. The highest BCUT2D eigenvalue weighted by atomic mass is 16.3. The highest BCUT2D eigenvalue weighted by Gasteiger charge is 2.32. The molecule has 0 aromatic carbocycles. The second-order valence-electron chi connectivity index (χ2n) is 6.52. The zero-order valence-electron chi connectivity index (χ0n) is 13.5. The van der Waals surface area contributed by atoms with Crippen LogP contribution in [0.4, 0.5) is 0 Å². The summed E-state index contributed by atoms with van der Waals surface area (Å²) in [7, 11) is 0. The first-order chi connectivity index (χ1) is 10.3. The largest absolute Gasteiger partial charge is 0.394 e. The molecule has 2 amide bonds. The molecule has 0 saturated carbocycles. The minimum Gasteiger partial charge on any atom is -0.394 e. The van der Waals surface area contributed by atoms with E-state index in [4.69, 9.17) is 0 Å². The Hall–Kier alpha value is -1.40. The van der Waals surface area contributed by atoms with Crippen molar-refractivity contribution in [2.75, 3.05) is 19.8 Å². The van der Waals surface area contributed by atoms with E-state index in [2.05, 4.69) is 11.9 Å². The summed E-state index contributed by atoms with van der Waals surface area (Å²) in [5, 5.41) is 21.3. The minimum absolute atomic E-state index is 0.0401. The third kappa shape index (κ3) is 5.10. The summed E-state index contributed by atoms with van der Waals surface area (Å²) in [5.74, 6) is -0.872. The smallest absolute Gasteiger partial charge is 0.224 e. The fraction of sp³-hybridized carbons (Fsp3) is 0.750. The van der Waals surface area contributed by atoms with E-state index in [9.17, 15) is 19.8 Å². The maximum atomic E-state index is 12.4. The second-order valence-corrected chi connectivity index (χ2v) is 6.52. The predicted octanol–water partition coefficient (Wildman–Crippen LogP) is 0.439. The number of carbonyl (C=O) groups excluding carboxylic acids is 2. The lowest BCUT2D eigenvalue weighted by atomic mass is 9.97. The van der Waals surface area contributed by atoms with Gasteiger partial charge >= 0.3 is 0 Å². The van der Waals surface area contributed by atoms with Gasteiger partial charge in [0.2, 0.25) is 11.8 Å². The standard InChI is InChI=1S/C16H28N2O4/c1-4-6-12(15(22)17-16(2,3)11-20)9-14(21)18-8-5-7-13(18)10-19/h4,12-13,19-20H,1,5-11H2,2-3H3,(H,17,22)/t12-,13+/m1/s1. The fourth-order valence-electron chi connectivity index (χ4n) is 2.64. The van der Waals surface area contributed by atoms with Crippen LogP contribution < -0.4 is 5.32 Å². The van der Waals surface area contributed by atoms with Gasteiger partial charge in [0.05, 0.1) is 30.7 Å². The molecular formula is C16H28N2O4. The third-order valence-corrected chi connectivity index (χ3v) is 4.01. The zero-order valence-corrected chi connectivity index (χ0v) is 13.5. The number of nitrogens with zero attached hydrogens (tertiary/aromatic N) is 1. The fourth-order valence-corrected chi connectivity index (χ4v) is 2.64. The molecule has 6 heteroatoms. The lowest BCUT2D eigenvalue weighted by molar-refractivity contribution is -0.138. The normalized spacial score (nSPS) is 19.8. The first-order valence-electron chi connectivity index (χ1n) is 7.78. The molecular weight excluding hydrogens is 284 g/mol. The maximum absolute atomic E-state index is 12.4. The predicted molar refractivity (Wildman–Crippen MR) is 84.0 cm³/mol. The number of carbonyl (C=O) groups is 2. The zero-order chi connectivity index (χ0) is 16.8. The summed E-state index contributed by atoms with van der Waals surface area (Å²) < 4.78 is 0. The molecule has 1 rings (SSSR count). The summed E-state index contributed by atoms with van der Waals surface area (Å²) in [5.41, 5.74) is -0.721. The number of aliphatic hydroxyl groups excluding tert-OH is 2. The summed E-state index contributed by atoms with van der Waals surface area (Å²) in [4.78, 5) is 26.4. The molecule has 0 aliphatic carbocycles. The van der Waals surface area contributed by atoms with Crippen molar-refractivity contribution in [2.24, 2.45) is 5.92 Å². The van der Waals surface area contributed by atoms with Crippen molar-refractivity contribution in [2.45, 2.75) is 51.1 Å². The first kappa shape index (κ1) is 18.6. The van der Waals surface area contributed by atoms with Crippen molar-refractivity contribution < 1.29 is 19.8 Å². The van der Waals surface area contributed by atoms with E-state index < -0.39 is 11.5 Å². The molecule has 1 fully saturated rings. The monoisotopic (exact) mass is 312 g/mol. The molecule has 0 radical (unpaired) electrons. The Morgan fingerprint density at radius 2 is 2.14 bits per heavy atom. The maximum Gasteiger partial charge on any atom is 0.224 e. The lowest BCUT2D eigenvalue weighted by Crippen LogP contribution is -2.49. The third-order valence-electron chi connectivity index (χ3n) is 4.01. The number of aliphatic hydroxyl groups is 2. The highest BCUT2D eigenvalue weighted by molar-refractivity contribution is 5.86. The van der Waals surface area contributed by atoms with Crippen LogP contribution in [-0.4, -0.2) is 58.3 Å². The Bertz CT molecular complexity index is 409. The number of rotatable bonds is 8. The molecule has 3 N–H and O–H groups in total. The number of amides is 2. The Kier molecular flexibility index (Phi) is 7.03. The molecule has 0 aromatic heterocycles. The molecule has 1 aliphatic rings. The quantitative estimate of drug-likeness (QED) is 0.567. The van der Waals surface area contributed by atoms with E-state index in [-0.39, 0.29) is 37.5 Å². The van der Waals surface area contributed by atoms with E-state index in [1.807, 2.05) is 0 Å². The number of hydrogen-bond acceptors (Lipinski definition) is 4. The van der Waals surface area contributed by atoms with Crippen molar-refractivity contribution in [3.05, 3.63) is 12.7 Å². The van der Waals surface area contributed by atoms with Gasteiger partial charge in [-0.1, -0.05) is 6.08 Å². The van der Waals surface area contributed by atoms with Gasteiger partial charge < -0.3 is 20.4 Å². The van der Waals surface area contributed by atoms with Crippen molar-refractivity contribution >= 4 is 11.8 Å². The van der Waals surface area contributed by atoms with Crippen molar-refractivity contribution in [1.82, 2.24) is 10.2 Å². The van der Waals surface area contributed by atoms with Gasteiger partial charge in [-0.05, 0) is 33.1 Å². The van der Waals surface area contributed by atoms with Crippen LogP contribution in [0, 0.1) is 5.92 Å². The van der Waals surface area contributed by atoms with Crippen LogP contribution in [0.3, 0.4) is 0 Å². The Morgan fingerprint density at radius 3 is 2.68 bits per heavy atom. The minimum atomic E-state index is -0.721. The highest BCUT2D eigenvalue weighted by Crippen LogP contribution is 2.21. The molecule has 6 nitrogen and oxygen atoms in total. The number of allylic oxidation sites excluding steroid dienone is 1. The molecule has 0 bridgehead atoms. The van der Waals surface area contributed by atoms with Crippen LogP contribution in [0.25, 0.3) is 0 Å². The average Bonchev–Trinajstić information content (AvgIpc) is 2.94. The van der Waals surface area contributed by atoms with Gasteiger partial charge in [-0.15, -0.1) is 6.58 Å². The van der Waals surface area contributed by atoms with Crippen molar-refractivity contribution in [1.29, 1.82) is 0 Å². The van der Waals surface area contributed by atoms with Crippen LogP contribution in [0.5, 0.6) is 0 Å².